The summed E-state index contributed by atoms with van der Waals surface area (Å²) in [4.78, 5) is 37.7. The first kappa shape index (κ1) is 20.4. The van der Waals surface area contributed by atoms with Gasteiger partial charge in [-0.15, -0.1) is 0 Å². The Balaban J connectivity index is 6.05. The standard InChI is InChI=1S/C15H28N2O5/c1-8-22-14(21)15(13(19)20,16-12(7)18)11(6)17(9(2)3)10(4)5/h9-11H,8H2,1-7H3,(H,16,18)(H,19,20). The zero-order chi connectivity index (χ0) is 17.7. The Morgan fingerprint density at radius 2 is 1.59 bits per heavy atom. The fourth-order valence-corrected chi connectivity index (χ4v) is 2.88. The summed E-state index contributed by atoms with van der Waals surface area (Å²) in [5.41, 5.74) is -2.14. The van der Waals surface area contributed by atoms with Crippen LogP contribution >= 0.6 is 0 Å². The van der Waals surface area contributed by atoms with Crippen LogP contribution in [0.1, 0.15) is 48.5 Å². The maximum atomic E-state index is 12.4. The van der Waals surface area contributed by atoms with Crippen molar-refractivity contribution in [3.8, 4) is 0 Å². The fourth-order valence-electron chi connectivity index (χ4n) is 2.88. The molecule has 0 bridgehead atoms. The molecule has 128 valence electrons. The first-order chi connectivity index (χ1) is 10.0. The predicted octanol–water partition coefficient (Wildman–Crippen LogP) is 1.02. The molecule has 0 aromatic rings. The van der Waals surface area contributed by atoms with Crippen LogP contribution in [0, 0.1) is 0 Å². The van der Waals surface area contributed by atoms with Crippen molar-refractivity contribution in [2.75, 3.05) is 6.61 Å². The largest absolute Gasteiger partial charge is 0.479 e. The number of hydrogen-bond acceptors (Lipinski definition) is 5. The number of rotatable bonds is 8. The number of ether oxygens (including phenoxy) is 1. The molecular weight excluding hydrogens is 288 g/mol. The van der Waals surface area contributed by atoms with Crippen molar-refractivity contribution < 1.29 is 24.2 Å². The van der Waals surface area contributed by atoms with E-state index in [0.29, 0.717) is 0 Å². The van der Waals surface area contributed by atoms with E-state index in [2.05, 4.69) is 5.32 Å². The minimum absolute atomic E-state index is 0.0168. The minimum Gasteiger partial charge on any atom is -0.479 e. The van der Waals surface area contributed by atoms with E-state index in [4.69, 9.17) is 4.74 Å². The predicted molar refractivity (Wildman–Crippen MR) is 82.4 cm³/mol. The molecule has 2 N–H and O–H groups in total. The van der Waals surface area contributed by atoms with E-state index in [1.54, 1.807) is 13.8 Å². The van der Waals surface area contributed by atoms with Crippen molar-refractivity contribution in [1.29, 1.82) is 0 Å². The Labute approximate surface area is 132 Å². The van der Waals surface area contributed by atoms with Crippen molar-refractivity contribution >= 4 is 17.8 Å². The van der Waals surface area contributed by atoms with Gasteiger partial charge in [-0.2, -0.15) is 0 Å². The van der Waals surface area contributed by atoms with Gasteiger partial charge in [-0.1, -0.05) is 0 Å². The van der Waals surface area contributed by atoms with Crippen LogP contribution in [0.4, 0.5) is 0 Å². The van der Waals surface area contributed by atoms with Gasteiger partial charge < -0.3 is 15.2 Å². The smallest absolute Gasteiger partial charge is 0.345 e. The van der Waals surface area contributed by atoms with Gasteiger partial charge in [0.2, 0.25) is 5.91 Å². The number of carboxylic acid groups (broad SMARTS) is 1. The number of carbonyl (C=O) groups excluding carboxylic acids is 2. The summed E-state index contributed by atoms with van der Waals surface area (Å²) in [5.74, 6) is -2.99. The zero-order valence-electron chi connectivity index (χ0n) is 14.5. The third-order valence-corrected chi connectivity index (χ3v) is 3.57. The summed E-state index contributed by atoms with van der Waals surface area (Å²) in [6, 6.07) is -0.818. The van der Waals surface area contributed by atoms with Crippen LogP contribution in [0.2, 0.25) is 0 Å². The quantitative estimate of drug-likeness (QED) is 0.512. The van der Waals surface area contributed by atoms with Gasteiger partial charge in [0.05, 0.1) is 12.6 Å². The summed E-state index contributed by atoms with van der Waals surface area (Å²) in [6.07, 6.45) is 0. The molecule has 1 amide bonds. The summed E-state index contributed by atoms with van der Waals surface area (Å²) >= 11 is 0. The molecule has 0 heterocycles. The molecule has 0 aromatic heterocycles. The molecule has 0 aliphatic rings. The molecule has 22 heavy (non-hydrogen) atoms. The van der Waals surface area contributed by atoms with Crippen LogP contribution in [0.25, 0.3) is 0 Å². The first-order valence-corrected chi connectivity index (χ1v) is 7.49. The lowest BCUT2D eigenvalue weighted by atomic mass is 9.87. The molecule has 7 nitrogen and oxygen atoms in total. The van der Waals surface area contributed by atoms with Crippen LogP contribution in [0.15, 0.2) is 0 Å². The normalized spacial score (nSPS) is 15.5. The van der Waals surface area contributed by atoms with Gasteiger partial charge in [0.1, 0.15) is 0 Å². The number of hydrogen-bond donors (Lipinski definition) is 2. The summed E-state index contributed by atoms with van der Waals surface area (Å²) < 4.78 is 4.94. The summed E-state index contributed by atoms with van der Waals surface area (Å²) in [7, 11) is 0. The molecule has 0 aliphatic heterocycles. The van der Waals surface area contributed by atoms with Crippen molar-refractivity contribution in [3.63, 3.8) is 0 Å². The van der Waals surface area contributed by atoms with Gasteiger partial charge >= 0.3 is 11.9 Å². The van der Waals surface area contributed by atoms with E-state index >= 15 is 0 Å². The van der Waals surface area contributed by atoms with E-state index in [-0.39, 0.29) is 18.7 Å². The molecule has 0 saturated heterocycles. The molecular formula is C15H28N2O5. The second-order valence-corrected chi connectivity index (χ2v) is 5.83. The average molecular weight is 316 g/mol. The number of carbonyl (C=O) groups is 3. The van der Waals surface area contributed by atoms with Crippen LogP contribution in [-0.4, -0.2) is 58.1 Å². The topological polar surface area (TPSA) is 95.9 Å². The summed E-state index contributed by atoms with van der Waals surface area (Å²) in [5, 5.41) is 12.0. The van der Waals surface area contributed by atoms with Crippen molar-refractivity contribution in [2.24, 2.45) is 0 Å². The average Bonchev–Trinajstić information content (AvgIpc) is 2.34. The fraction of sp³-hybridized carbons (Fsp3) is 0.800. The van der Waals surface area contributed by atoms with E-state index in [1.807, 2.05) is 32.6 Å². The highest BCUT2D eigenvalue weighted by atomic mass is 16.5. The minimum atomic E-state index is -2.14. The van der Waals surface area contributed by atoms with Crippen LogP contribution < -0.4 is 5.32 Å². The molecule has 0 aliphatic carbocycles. The molecule has 0 saturated carbocycles. The molecule has 0 rings (SSSR count). The molecule has 2 unspecified atom stereocenters. The molecule has 2 atom stereocenters. The second-order valence-electron chi connectivity index (χ2n) is 5.83. The van der Waals surface area contributed by atoms with Gasteiger partial charge in [0, 0.05) is 19.0 Å². The number of esters is 1. The number of nitrogens with one attached hydrogen (secondary N) is 1. The number of aliphatic carboxylic acids is 1. The first-order valence-electron chi connectivity index (χ1n) is 7.49. The lowest BCUT2D eigenvalue weighted by Gasteiger charge is -2.44. The maximum Gasteiger partial charge on any atom is 0.345 e. The highest BCUT2D eigenvalue weighted by molar-refractivity contribution is 6.07. The SMILES string of the molecule is CCOC(=O)C(NC(C)=O)(C(=O)O)C(C)N(C(C)C)C(C)C. The molecule has 0 fully saturated rings. The third kappa shape index (κ3) is 4.19. The van der Waals surface area contributed by atoms with Gasteiger partial charge in [-0.25, -0.2) is 9.59 Å². The van der Waals surface area contributed by atoms with E-state index in [9.17, 15) is 19.5 Å². The van der Waals surface area contributed by atoms with Crippen molar-refractivity contribution in [3.05, 3.63) is 0 Å². The van der Waals surface area contributed by atoms with Gasteiger partial charge in [-0.3, -0.25) is 9.69 Å². The molecule has 7 heteroatoms. The van der Waals surface area contributed by atoms with E-state index in [1.165, 1.54) is 6.92 Å². The number of amides is 1. The lowest BCUT2D eigenvalue weighted by Crippen LogP contribution is -2.71. The third-order valence-electron chi connectivity index (χ3n) is 3.57. The maximum absolute atomic E-state index is 12.4. The van der Waals surface area contributed by atoms with Crippen LogP contribution in [0.3, 0.4) is 0 Å². The second kappa shape index (κ2) is 8.12. The van der Waals surface area contributed by atoms with Crippen molar-refractivity contribution in [1.82, 2.24) is 10.2 Å². The number of carboxylic acids is 1. The Morgan fingerprint density at radius 3 is 1.86 bits per heavy atom. The summed E-state index contributed by atoms with van der Waals surface area (Å²) in [6.45, 7) is 12.0. The Kier molecular flexibility index (Phi) is 7.52. The van der Waals surface area contributed by atoms with Crippen LogP contribution in [0.5, 0.6) is 0 Å². The Morgan fingerprint density at radius 1 is 1.14 bits per heavy atom. The molecule has 0 aromatic carbocycles. The van der Waals surface area contributed by atoms with Crippen LogP contribution in [-0.2, 0) is 19.1 Å². The highest BCUT2D eigenvalue weighted by Crippen LogP contribution is 2.24. The lowest BCUT2D eigenvalue weighted by molar-refractivity contribution is -0.170. The zero-order valence-corrected chi connectivity index (χ0v) is 14.5. The monoisotopic (exact) mass is 316 g/mol. The highest BCUT2D eigenvalue weighted by Gasteiger charge is 2.56. The molecule has 0 radical (unpaired) electrons. The number of nitrogens with zero attached hydrogens (tertiary/aromatic N) is 1. The van der Waals surface area contributed by atoms with E-state index < -0.39 is 29.4 Å². The van der Waals surface area contributed by atoms with Gasteiger partial charge in [-0.05, 0) is 41.5 Å². The van der Waals surface area contributed by atoms with Gasteiger partial charge in [0.25, 0.3) is 5.54 Å². The van der Waals surface area contributed by atoms with E-state index in [0.717, 1.165) is 0 Å². The molecule has 0 spiro atoms. The van der Waals surface area contributed by atoms with Crippen molar-refractivity contribution in [2.45, 2.75) is 72.1 Å². The Bertz CT molecular complexity index is 414. The van der Waals surface area contributed by atoms with Gasteiger partial charge in [0.15, 0.2) is 0 Å². The Hall–Kier alpha value is -1.63.